The standard InChI is InChI=1S/C13H16BrNO3/c1-15-13(16)18-8-12-10-4-2-6-11(14)9(10)5-3-7-17-12/h2,4,6,12H,3,5,7-8H2,1H3,(H,15,16). The first-order chi connectivity index (χ1) is 8.72. The van der Waals surface area contributed by atoms with Crippen LogP contribution in [0.4, 0.5) is 4.79 Å². The van der Waals surface area contributed by atoms with E-state index in [2.05, 4.69) is 21.2 Å². The van der Waals surface area contributed by atoms with Crippen LogP contribution in [-0.2, 0) is 15.9 Å². The summed E-state index contributed by atoms with van der Waals surface area (Å²) >= 11 is 3.56. The van der Waals surface area contributed by atoms with Crippen LogP contribution in [0.3, 0.4) is 0 Å². The highest BCUT2D eigenvalue weighted by Crippen LogP contribution is 2.31. The number of benzene rings is 1. The maximum atomic E-state index is 11.1. The van der Waals surface area contributed by atoms with Crippen molar-refractivity contribution >= 4 is 22.0 Å². The van der Waals surface area contributed by atoms with Gasteiger partial charge in [-0.3, -0.25) is 0 Å². The van der Waals surface area contributed by atoms with Crippen LogP contribution in [0, 0.1) is 0 Å². The Morgan fingerprint density at radius 1 is 1.61 bits per heavy atom. The van der Waals surface area contributed by atoms with Gasteiger partial charge < -0.3 is 14.8 Å². The molecule has 1 amide bonds. The van der Waals surface area contributed by atoms with E-state index in [1.54, 1.807) is 7.05 Å². The first-order valence-corrected chi connectivity index (χ1v) is 6.75. The number of hydrogen-bond donors (Lipinski definition) is 1. The third-order valence-corrected chi connectivity index (χ3v) is 3.70. The number of alkyl carbamates (subject to hydrolysis) is 1. The molecule has 1 aliphatic heterocycles. The molecule has 2 rings (SSSR count). The van der Waals surface area contributed by atoms with Gasteiger partial charge in [-0.1, -0.05) is 28.1 Å². The van der Waals surface area contributed by atoms with Gasteiger partial charge in [0.05, 0.1) is 0 Å². The van der Waals surface area contributed by atoms with E-state index in [0.717, 1.165) is 22.9 Å². The molecule has 0 bridgehead atoms. The summed E-state index contributed by atoms with van der Waals surface area (Å²) in [5.74, 6) is 0. The number of carbonyl (C=O) groups excluding carboxylic acids is 1. The Balaban J connectivity index is 2.17. The molecule has 0 fully saturated rings. The van der Waals surface area contributed by atoms with Gasteiger partial charge in [0, 0.05) is 18.1 Å². The number of carbonyl (C=O) groups is 1. The van der Waals surface area contributed by atoms with Crippen molar-refractivity contribution in [2.45, 2.75) is 18.9 Å². The molecule has 1 aromatic rings. The quantitative estimate of drug-likeness (QED) is 0.913. The second-order valence-corrected chi connectivity index (χ2v) is 4.97. The molecule has 0 aromatic heterocycles. The molecule has 0 spiro atoms. The summed E-state index contributed by atoms with van der Waals surface area (Å²) in [6.45, 7) is 0.923. The number of nitrogens with one attached hydrogen (secondary N) is 1. The molecule has 1 aromatic carbocycles. The Labute approximate surface area is 115 Å². The second kappa shape index (κ2) is 6.20. The molecule has 98 valence electrons. The van der Waals surface area contributed by atoms with Gasteiger partial charge in [0.1, 0.15) is 12.7 Å². The molecule has 1 aliphatic rings. The third-order valence-electron chi connectivity index (χ3n) is 2.96. The van der Waals surface area contributed by atoms with Crippen molar-refractivity contribution in [2.75, 3.05) is 20.3 Å². The first-order valence-electron chi connectivity index (χ1n) is 5.95. The minimum Gasteiger partial charge on any atom is -0.446 e. The summed E-state index contributed by atoms with van der Waals surface area (Å²) in [5, 5.41) is 2.43. The fourth-order valence-electron chi connectivity index (χ4n) is 2.07. The van der Waals surface area contributed by atoms with Crippen LogP contribution in [-0.4, -0.2) is 26.4 Å². The zero-order valence-electron chi connectivity index (χ0n) is 10.2. The molecule has 1 N–H and O–H groups in total. The van der Waals surface area contributed by atoms with Crippen molar-refractivity contribution in [3.63, 3.8) is 0 Å². The molecule has 0 saturated carbocycles. The van der Waals surface area contributed by atoms with E-state index in [9.17, 15) is 4.79 Å². The summed E-state index contributed by atoms with van der Waals surface area (Å²) in [4.78, 5) is 11.1. The highest BCUT2D eigenvalue weighted by molar-refractivity contribution is 9.10. The number of rotatable bonds is 2. The van der Waals surface area contributed by atoms with E-state index >= 15 is 0 Å². The maximum absolute atomic E-state index is 11.1. The number of halogens is 1. The Hall–Kier alpha value is -1.07. The van der Waals surface area contributed by atoms with E-state index in [1.807, 2.05) is 18.2 Å². The molecule has 18 heavy (non-hydrogen) atoms. The Kier molecular flexibility index (Phi) is 4.60. The third kappa shape index (κ3) is 3.03. The number of ether oxygens (including phenoxy) is 2. The predicted molar refractivity (Wildman–Crippen MR) is 71.6 cm³/mol. The van der Waals surface area contributed by atoms with E-state index < -0.39 is 6.09 Å². The monoisotopic (exact) mass is 313 g/mol. The van der Waals surface area contributed by atoms with Crippen LogP contribution < -0.4 is 5.32 Å². The van der Waals surface area contributed by atoms with Crippen molar-refractivity contribution in [1.29, 1.82) is 0 Å². The summed E-state index contributed by atoms with van der Waals surface area (Å²) < 4.78 is 11.9. The lowest BCUT2D eigenvalue weighted by Crippen LogP contribution is -2.23. The van der Waals surface area contributed by atoms with Gasteiger partial charge >= 0.3 is 6.09 Å². The minimum atomic E-state index is -0.431. The van der Waals surface area contributed by atoms with Crippen LogP contribution in [0.25, 0.3) is 0 Å². The molecule has 0 aliphatic carbocycles. The van der Waals surface area contributed by atoms with Crippen LogP contribution in [0.5, 0.6) is 0 Å². The van der Waals surface area contributed by atoms with Crippen LogP contribution in [0.1, 0.15) is 23.7 Å². The van der Waals surface area contributed by atoms with Gasteiger partial charge in [0.2, 0.25) is 0 Å². The molecule has 4 nitrogen and oxygen atoms in total. The fourth-order valence-corrected chi connectivity index (χ4v) is 2.65. The Morgan fingerprint density at radius 2 is 2.44 bits per heavy atom. The van der Waals surface area contributed by atoms with Crippen molar-refractivity contribution in [2.24, 2.45) is 0 Å². The van der Waals surface area contributed by atoms with Gasteiger partial charge in [-0.2, -0.15) is 0 Å². The van der Waals surface area contributed by atoms with Gasteiger partial charge in [-0.15, -0.1) is 0 Å². The zero-order valence-corrected chi connectivity index (χ0v) is 11.8. The van der Waals surface area contributed by atoms with Crippen LogP contribution >= 0.6 is 15.9 Å². The number of hydrogen-bond acceptors (Lipinski definition) is 3. The lowest BCUT2D eigenvalue weighted by atomic mass is 10.0. The van der Waals surface area contributed by atoms with Crippen LogP contribution in [0.2, 0.25) is 0 Å². The van der Waals surface area contributed by atoms with Gasteiger partial charge in [-0.25, -0.2) is 4.79 Å². The summed E-state index contributed by atoms with van der Waals surface area (Å²) in [5.41, 5.74) is 2.35. The normalized spacial score (nSPS) is 18.7. The topological polar surface area (TPSA) is 47.6 Å². The molecular weight excluding hydrogens is 298 g/mol. The van der Waals surface area contributed by atoms with Crippen molar-refractivity contribution in [3.05, 3.63) is 33.8 Å². The van der Waals surface area contributed by atoms with Gasteiger partial charge in [0.25, 0.3) is 0 Å². The number of amides is 1. The summed E-state index contributed by atoms with van der Waals surface area (Å²) in [6, 6.07) is 6.04. The smallest absolute Gasteiger partial charge is 0.406 e. The van der Waals surface area contributed by atoms with E-state index in [4.69, 9.17) is 9.47 Å². The molecule has 5 heteroatoms. The van der Waals surface area contributed by atoms with Crippen LogP contribution in [0.15, 0.2) is 22.7 Å². The fraction of sp³-hybridized carbons (Fsp3) is 0.462. The SMILES string of the molecule is CNC(=O)OCC1OCCCc2c(Br)cccc21. The Bertz CT molecular complexity index is 436. The average molecular weight is 314 g/mol. The van der Waals surface area contributed by atoms with Gasteiger partial charge in [0.15, 0.2) is 0 Å². The largest absolute Gasteiger partial charge is 0.446 e. The predicted octanol–water partition coefficient (Wildman–Crippen LogP) is 2.81. The van der Waals surface area contributed by atoms with Crippen molar-refractivity contribution < 1.29 is 14.3 Å². The zero-order chi connectivity index (χ0) is 13.0. The molecule has 0 radical (unpaired) electrons. The first kappa shape index (κ1) is 13.4. The van der Waals surface area contributed by atoms with Crippen molar-refractivity contribution in [1.82, 2.24) is 5.32 Å². The molecule has 1 atom stereocenters. The Morgan fingerprint density at radius 3 is 3.22 bits per heavy atom. The lowest BCUT2D eigenvalue weighted by molar-refractivity contribution is 0.00709. The van der Waals surface area contributed by atoms with E-state index in [0.29, 0.717) is 6.61 Å². The summed E-state index contributed by atoms with van der Waals surface area (Å²) in [7, 11) is 1.54. The highest BCUT2D eigenvalue weighted by Gasteiger charge is 2.22. The number of fused-ring (bicyclic) bond motifs is 1. The second-order valence-electron chi connectivity index (χ2n) is 4.12. The average Bonchev–Trinajstić information content (AvgIpc) is 2.59. The molecular formula is C13H16BrNO3. The van der Waals surface area contributed by atoms with Crippen molar-refractivity contribution in [3.8, 4) is 0 Å². The highest BCUT2D eigenvalue weighted by atomic mass is 79.9. The molecule has 1 unspecified atom stereocenters. The van der Waals surface area contributed by atoms with E-state index in [-0.39, 0.29) is 12.7 Å². The van der Waals surface area contributed by atoms with E-state index in [1.165, 1.54) is 5.56 Å². The summed E-state index contributed by atoms with van der Waals surface area (Å²) in [6.07, 6.45) is 1.34. The van der Waals surface area contributed by atoms with Gasteiger partial charge in [-0.05, 0) is 30.0 Å². The minimum absolute atomic E-state index is 0.183. The maximum Gasteiger partial charge on any atom is 0.406 e. The molecule has 0 saturated heterocycles. The lowest BCUT2D eigenvalue weighted by Gasteiger charge is -2.18. The molecule has 1 heterocycles.